The van der Waals surface area contributed by atoms with Crippen molar-refractivity contribution in [2.45, 2.75) is 0 Å². The lowest BCUT2D eigenvalue weighted by atomic mass is 10.1. The molecule has 1 rings (SSSR count). The van der Waals surface area contributed by atoms with Crippen LogP contribution in [0.2, 0.25) is 0 Å². The summed E-state index contributed by atoms with van der Waals surface area (Å²) in [5, 5.41) is 18.6. The van der Waals surface area contributed by atoms with Gasteiger partial charge in [0.2, 0.25) is 11.5 Å². The first-order valence-corrected chi connectivity index (χ1v) is 4.32. The highest BCUT2D eigenvalue weighted by atomic mass is 16.5. The van der Waals surface area contributed by atoms with Crippen molar-refractivity contribution in [1.29, 1.82) is 0 Å². The molecule has 1 aromatic rings. The van der Waals surface area contributed by atoms with E-state index in [1.54, 1.807) is 0 Å². The minimum atomic E-state index is -1.20. The predicted molar refractivity (Wildman–Crippen MR) is 54.7 cm³/mol. The van der Waals surface area contributed by atoms with Crippen LogP contribution in [0.5, 0.6) is 23.0 Å². The third-order valence-electron chi connectivity index (χ3n) is 2.03. The average molecular weight is 228 g/mol. The van der Waals surface area contributed by atoms with Crippen molar-refractivity contribution >= 4 is 5.97 Å². The fourth-order valence-electron chi connectivity index (χ4n) is 1.31. The Labute approximate surface area is 92.0 Å². The molecule has 2 N–H and O–H groups in total. The van der Waals surface area contributed by atoms with E-state index in [1.165, 1.54) is 27.4 Å². The van der Waals surface area contributed by atoms with E-state index in [0.717, 1.165) is 0 Å². The highest BCUT2D eigenvalue weighted by molar-refractivity contribution is 5.93. The molecule has 0 aliphatic rings. The van der Waals surface area contributed by atoms with Gasteiger partial charge < -0.3 is 24.4 Å². The number of rotatable bonds is 4. The van der Waals surface area contributed by atoms with Crippen LogP contribution >= 0.6 is 0 Å². The van der Waals surface area contributed by atoms with Crippen molar-refractivity contribution in [3.8, 4) is 23.0 Å². The Hall–Kier alpha value is -2.11. The lowest BCUT2D eigenvalue weighted by Gasteiger charge is -2.14. The van der Waals surface area contributed by atoms with E-state index in [0.29, 0.717) is 0 Å². The molecular weight excluding hydrogens is 216 g/mol. The number of carboxylic acids is 1. The lowest BCUT2D eigenvalue weighted by molar-refractivity contribution is 0.0692. The number of aromatic hydroxyl groups is 1. The third kappa shape index (κ3) is 1.81. The number of phenolic OH excluding ortho intramolecular Hbond substituents is 1. The first-order chi connectivity index (χ1) is 7.56. The minimum absolute atomic E-state index is 0.00931. The SMILES string of the molecule is COc1cc(C(=O)O)c(OC)c(OC)c1O. The summed E-state index contributed by atoms with van der Waals surface area (Å²) in [7, 11) is 3.89. The van der Waals surface area contributed by atoms with Gasteiger partial charge in [-0.25, -0.2) is 4.79 Å². The first-order valence-electron chi connectivity index (χ1n) is 4.32. The van der Waals surface area contributed by atoms with Crippen molar-refractivity contribution in [3.63, 3.8) is 0 Å². The highest BCUT2D eigenvalue weighted by Crippen LogP contribution is 2.45. The molecule has 0 heterocycles. The molecule has 0 aliphatic carbocycles. The molecular formula is C10H12O6. The zero-order valence-corrected chi connectivity index (χ0v) is 9.10. The maximum absolute atomic E-state index is 11.0. The van der Waals surface area contributed by atoms with E-state index in [-0.39, 0.29) is 28.6 Å². The molecule has 0 amide bonds. The number of carboxylic acid groups (broad SMARTS) is 1. The van der Waals surface area contributed by atoms with E-state index in [4.69, 9.17) is 19.3 Å². The number of aromatic carboxylic acids is 1. The Morgan fingerprint density at radius 3 is 2.06 bits per heavy atom. The number of phenols is 1. The molecule has 6 heteroatoms. The molecule has 0 fully saturated rings. The first kappa shape index (κ1) is 12.0. The zero-order chi connectivity index (χ0) is 12.3. The Kier molecular flexibility index (Phi) is 3.44. The quantitative estimate of drug-likeness (QED) is 0.803. The number of ether oxygens (including phenoxy) is 3. The van der Waals surface area contributed by atoms with Crippen molar-refractivity contribution in [2.24, 2.45) is 0 Å². The molecule has 88 valence electrons. The van der Waals surface area contributed by atoms with E-state index in [9.17, 15) is 9.90 Å². The van der Waals surface area contributed by atoms with Crippen LogP contribution in [0.15, 0.2) is 6.07 Å². The summed E-state index contributed by atoms with van der Waals surface area (Å²) < 4.78 is 14.6. The van der Waals surface area contributed by atoms with E-state index < -0.39 is 5.97 Å². The second-order valence-corrected chi connectivity index (χ2v) is 2.85. The summed E-state index contributed by atoms with van der Waals surface area (Å²) in [4.78, 5) is 11.0. The van der Waals surface area contributed by atoms with Gasteiger partial charge in [-0.15, -0.1) is 0 Å². The van der Waals surface area contributed by atoms with Crippen LogP contribution < -0.4 is 14.2 Å². The largest absolute Gasteiger partial charge is 0.502 e. The predicted octanol–water partition coefficient (Wildman–Crippen LogP) is 1.12. The molecule has 0 spiro atoms. The number of hydrogen-bond acceptors (Lipinski definition) is 5. The maximum atomic E-state index is 11.0. The second kappa shape index (κ2) is 4.61. The van der Waals surface area contributed by atoms with Crippen LogP contribution in [-0.2, 0) is 0 Å². The molecule has 0 bridgehead atoms. The van der Waals surface area contributed by atoms with E-state index in [2.05, 4.69) is 0 Å². The Morgan fingerprint density at radius 2 is 1.69 bits per heavy atom. The Balaban J connectivity index is 3.56. The van der Waals surface area contributed by atoms with Crippen LogP contribution in [0.1, 0.15) is 10.4 Å². The van der Waals surface area contributed by atoms with Gasteiger partial charge in [-0.05, 0) is 0 Å². The maximum Gasteiger partial charge on any atom is 0.339 e. The van der Waals surface area contributed by atoms with Crippen LogP contribution in [0.3, 0.4) is 0 Å². The molecule has 16 heavy (non-hydrogen) atoms. The summed E-state index contributed by atoms with van der Waals surface area (Å²) in [6.07, 6.45) is 0. The van der Waals surface area contributed by atoms with Crippen molar-refractivity contribution in [3.05, 3.63) is 11.6 Å². The van der Waals surface area contributed by atoms with Crippen LogP contribution in [0.25, 0.3) is 0 Å². The molecule has 0 aromatic heterocycles. The zero-order valence-electron chi connectivity index (χ0n) is 9.10. The van der Waals surface area contributed by atoms with Gasteiger partial charge in [0.15, 0.2) is 11.5 Å². The molecule has 6 nitrogen and oxygen atoms in total. The van der Waals surface area contributed by atoms with Crippen molar-refractivity contribution in [1.82, 2.24) is 0 Å². The van der Waals surface area contributed by atoms with Crippen LogP contribution in [0, 0.1) is 0 Å². The van der Waals surface area contributed by atoms with Gasteiger partial charge in [-0.1, -0.05) is 0 Å². The van der Waals surface area contributed by atoms with E-state index >= 15 is 0 Å². The Bertz CT molecular complexity index is 412. The number of methoxy groups -OCH3 is 3. The van der Waals surface area contributed by atoms with Gasteiger partial charge in [0.05, 0.1) is 21.3 Å². The van der Waals surface area contributed by atoms with Crippen molar-refractivity contribution in [2.75, 3.05) is 21.3 Å². The number of benzene rings is 1. The summed E-state index contributed by atoms with van der Waals surface area (Å²) in [6, 6.07) is 1.17. The molecule has 0 atom stereocenters. The summed E-state index contributed by atoms with van der Waals surface area (Å²) in [6.45, 7) is 0. The third-order valence-corrected chi connectivity index (χ3v) is 2.03. The fourth-order valence-corrected chi connectivity index (χ4v) is 1.31. The summed E-state index contributed by atoms with van der Waals surface area (Å²) in [5.74, 6) is -1.61. The van der Waals surface area contributed by atoms with Gasteiger partial charge in [0.1, 0.15) is 5.56 Å². The monoisotopic (exact) mass is 228 g/mol. The fraction of sp³-hybridized carbons (Fsp3) is 0.300. The van der Waals surface area contributed by atoms with Gasteiger partial charge in [-0.2, -0.15) is 0 Å². The topological polar surface area (TPSA) is 85.2 Å². The normalized spacial score (nSPS) is 9.69. The summed E-state index contributed by atoms with van der Waals surface area (Å²) in [5.41, 5.74) is -0.144. The summed E-state index contributed by atoms with van der Waals surface area (Å²) >= 11 is 0. The van der Waals surface area contributed by atoms with Gasteiger partial charge in [0.25, 0.3) is 0 Å². The molecule has 1 aromatic carbocycles. The Morgan fingerprint density at radius 1 is 1.12 bits per heavy atom. The highest BCUT2D eigenvalue weighted by Gasteiger charge is 2.23. The lowest BCUT2D eigenvalue weighted by Crippen LogP contribution is -2.03. The van der Waals surface area contributed by atoms with Gasteiger partial charge in [0, 0.05) is 6.07 Å². The smallest absolute Gasteiger partial charge is 0.339 e. The minimum Gasteiger partial charge on any atom is -0.502 e. The van der Waals surface area contributed by atoms with E-state index in [1.807, 2.05) is 0 Å². The average Bonchev–Trinajstić information content (AvgIpc) is 2.27. The van der Waals surface area contributed by atoms with Gasteiger partial charge >= 0.3 is 5.97 Å². The van der Waals surface area contributed by atoms with Gasteiger partial charge in [-0.3, -0.25) is 0 Å². The molecule has 0 saturated carbocycles. The number of carbonyl (C=O) groups is 1. The molecule has 0 radical (unpaired) electrons. The standard InChI is InChI=1S/C10H12O6/c1-14-6-4-5(10(12)13)8(15-2)9(16-3)7(6)11/h4,11H,1-3H3,(H,12,13). The second-order valence-electron chi connectivity index (χ2n) is 2.85. The molecule has 0 saturated heterocycles. The number of hydrogen-bond donors (Lipinski definition) is 2. The van der Waals surface area contributed by atoms with Crippen LogP contribution in [-0.4, -0.2) is 37.5 Å². The van der Waals surface area contributed by atoms with Crippen LogP contribution in [0.4, 0.5) is 0 Å². The molecule has 0 aliphatic heterocycles. The van der Waals surface area contributed by atoms with Crippen molar-refractivity contribution < 1.29 is 29.2 Å². The molecule has 0 unspecified atom stereocenters.